The summed E-state index contributed by atoms with van der Waals surface area (Å²) in [5.74, 6) is 2.75. The van der Waals surface area contributed by atoms with Crippen LogP contribution in [0.25, 0.3) is 0 Å². The molecule has 4 atom stereocenters. The summed E-state index contributed by atoms with van der Waals surface area (Å²) >= 11 is 0. The van der Waals surface area contributed by atoms with Crippen molar-refractivity contribution in [2.45, 2.75) is 26.7 Å². The molecule has 14 heavy (non-hydrogen) atoms. The summed E-state index contributed by atoms with van der Waals surface area (Å²) in [6, 6.07) is 0. The van der Waals surface area contributed by atoms with E-state index < -0.39 is 0 Å². The Balaban J connectivity index is 1.97. The second-order valence-corrected chi connectivity index (χ2v) is 6.31. The van der Waals surface area contributed by atoms with E-state index in [1.165, 1.54) is 25.9 Å². The Morgan fingerprint density at radius 1 is 1.29 bits per heavy atom. The first kappa shape index (κ1) is 9.17. The van der Waals surface area contributed by atoms with E-state index in [1.807, 2.05) is 0 Å². The molecular weight excluding hydrogens is 172 g/mol. The van der Waals surface area contributed by atoms with Gasteiger partial charge in [-0.3, -0.25) is 0 Å². The van der Waals surface area contributed by atoms with Crippen LogP contribution in [0.2, 0.25) is 0 Å². The van der Waals surface area contributed by atoms with Crippen molar-refractivity contribution in [2.24, 2.45) is 34.3 Å². The van der Waals surface area contributed by atoms with Crippen LogP contribution in [0.15, 0.2) is 0 Å². The van der Waals surface area contributed by atoms with Crippen LogP contribution in [0, 0.1) is 28.6 Å². The minimum Gasteiger partial charge on any atom is -0.330 e. The highest BCUT2D eigenvalue weighted by molar-refractivity contribution is 5.15. The van der Waals surface area contributed by atoms with Crippen LogP contribution in [-0.4, -0.2) is 19.6 Å². The lowest BCUT2D eigenvalue weighted by Crippen LogP contribution is -2.63. The summed E-state index contributed by atoms with van der Waals surface area (Å²) in [5.41, 5.74) is 7.10. The van der Waals surface area contributed by atoms with Crippen molar-refractivity contribution in [3.8, 4) is 0 Å². The van der Waals surface area contributed by atoms with Crippen molar-refractivity contribution in [1.29, 1.82) is 0 Å². The fourth-order valence-corrected chi connectivity index (χ4v) is 4.67. The summed E-state index contributed by atoms with van der Waals surface area (Å²) < 4.78 is 0. The first-order valence-corrected chi connectivity index (χ1v) is 6.02. The van der Waals surface area contributed by atoms with E-state index in [0.29, 0.717) is 10.8 Å². The molecule has 3 saturated carbocycles. The van der Waals surface area contributed by atoms with E-state index in [1.54, 1.807) is 0 Å². The first-order chi connectivity index (χ1) is 6.61. The maximum Gasteiger partial charge on any atom is 0.00260 e. The van der Waals surface area contributed by atoms with Gasteiger partial charge in [0.1, 0.15) is 0 Å². The Bertz CT molecular complexity index is 261. The van der Waals surface area contributed by atoms with E-state index in [4.69, 9.17) is 5.73 Å². The zero-order valence-corrected chi connectivity index (χ0v) is 9.34. The molecular formula is C12H22N2. The fraction of sp³-hybridized carbons (Fsp3) is 1.00. The summed E-state index contributed by atoms with van der Waals surface area (Å²) in [5, 5.41) is 3.57. The molecule has 80 valence electrons. The van der Waals surface area contributed by atoms with Gasteiger partial charge in [0, 0.05) is 12.0 Å². The molecule has 2 nitrogen and oxygen atoms in total. The topological polar surface area (TPSA) is 38.0 Å². The van der Waals surface area contributed by atoms with Crippen LogP contribution in [0.3, 0.4) is 0 Å². The molecule has 1 aliphatic heterocycles. The summed E-state index contributed by atoms with van der Waals surface area (Å²) in [4.78, 5) is 0. The van der Waals surface area contributed by atoms with Crippen LogP contribution in [0.5, 0.6) is 0 Å². The maximum atomic E-state index is 6.08. The van der Waals surface area contributed by atoms with Gasteiger partial charge in [-0.2, -0.15) is 0 Å². The van der Waals surface area contributed by atoms with E-state index in [0.717, 1.165) is 24.3 Å². The number of hydrogen-bond acceptors (Lipinski definition) is 2. The van der Waals surface area contributed by atoms with E-state index in [2.05, 4.69) is 19.2 Å². The fourth-order valence-electron chi connectivity index (χ4n) is 4.67. The van der Waals surface area contributed by atoms with Crippen LogP contribution in [-0.2, 0) is 0 Å². The minimum atomic E-state index is 0.457. The lowest BCUT2D eigenvalue weighted by molar-refractivity contribution is -0.168. The van der Waals surface area contributed by atoms with Gasteiger partial charge >= 0.3 is 0 Å². The largest absolute Gasteiger partial charge is 0.330 e. The zero-order chi connectivity index (χ0) is 9.97. The molecule has 3 N–H and O–H groups in total. The second-order valence-electron chi connectivity index (χ2n) is 6.31. The highest BCUT2D eigenvalue weighted by atomic mass is 15.0. The van der Waals surface area contributed by atoms with Gasteiger partial charge in [0.25, 0.3) is 0 Å². The quantitative estimate of drug-likeness (QED) is 0.658. The van der Waals surface area contributed by atoms with Gasteiger partial charge < -0.3 is 11.1 Å². The SMILES string of the molecule is CC1(C)C2CC3CNCC3(CN)C1C2. The highest BCUT2D eigenvalue weighted by Gasteiger charge is 2.65. The molecule has 4 rings (SSSR count). The maximum absolute atomic E-state index is 6.08. The van der Waals surface area contributed by atoms with E-state index in [9.17, 15) is 0 Å². The minimum absolute atomic E-state index is 0.457. The highest BCUT2D eigenvalue weighted by Crippen LogP contribution is 2.68. The van der Waals surface area contributed by atoms with Gasteiger partial charge in [0.05, 0.1) is 0 Å². The lowest BCUT2D eigenvalue weighted by Gasteiger charge is -2.66. The molecule has 1 heterocycles. The van der Waals surface area contributed by atoms with Gasteiger partial charge in [-0.25, -0.2) is 0 Å². The van der Waals surface area contributed by atoms with Crippen LogP contribution >= 0.6 is 0 Å². The van der Waals surface area contributed by atoms with Crippen molar-refractivity contribution < 1.29 is 0 Å². The third-order valence-electron chi connectivity index (χ3n) is 5.77. The van der Waals surface area contributed by atoms with Crippen molar-refractivity contribution in [3.63, 3.8) is 0 Å². The zero-order valence-electron chi connectivity index (χ0n) is 9.34. The molecule has 0 aromatic rings. The lowest BCUT2D eigenvalue weighted by atomic mass is 9.38. The standard InChI is InChI=1S/C12H22N2/c1-11(2)8-3-9-5-14-7-12(9,6-13)10(11)4-8/h8-10,14H,3-7,13H2,1-2H3. The normalized spacial score (nSPS) is 53.8. The Kier molecular flexibility index (Phi) is 1.66. The van der Waals surface area contributed by atoms with Crippen molar-refractivity contribution >= 4 is 0 Å². The van der Waals surface area contributed by atoms with Crippen molar-refractivity contribution in [3.05, 3.63) is 0 Å². The van der Waals surface area contributed by atoms with Crippen LogP contribution in [0.1, 0.15) is 26.7 Å². The van der Waals surface area contributed by atoms with Crippen molar-refractivity contribution in [1.82, 2.24) is 5.32 Å². The van der Waals surface area contributed by atoms with E-state index in [-0.39, 0.29) is 0 Å². The van der Waals surface area contributed by atoms with E-state index >= 15 is 0 Å². The molecule has 0 aromatic carbocycles. The number of nitrogens with one attached hydrogen (secondary N) is 1. The first-order valence-electron chi connectivity index (χ1n) is 6.02. The van der Waals surface area contributed by atoms with Crippen molar-refractivity contribution in [2.75, 3.05) is 19.6 Å². The molecule has 2 heteroatoms. The molecule has 0 amide bonds. The monoisotopic (exact) mass is 194 g/mol. The second kappa shape index (κ2) is 2.53. The smallest absolute Gasteiger partial charge is 0.00260 e. The predicted octanol–water partition coefficient (Wildman–Crippen LogP) is 1.22. The van der Waals surface area contributed by atoms with Gasteiger partial charge in [-0.1, -0.05) is 13.8 Å². The Morgan fingerprint density at radius 2 is 2.07 bits per heavy atom. The average Bonchev–Trinajstić information content (AvgIpc) is 2.60. The molecule has 2 bridgehead atoms. The number of nitrogens with two attached hydrogens (primary N) is 1. The molecule has 3 aliphatic carbocycles. The Labute approximate surface area is 86.6 Å². The number of hydrogen-bond donors (Lipinski definition) is 2. The predicted molar refractivity (Wildman–Crippen MR) is 57.8 cm³/mol. The Hall–Kier alpha value is -0.0800. The van der Waals surface area contributed by atoms with Gasteiger partial charge in [-0.05, 0) is 49.1 Å². The third-order valence-corrected chi connectivity index (χ3v) is 5.77. The van der Waals surface area contributed by atoms with Crippen LogP contribution < -0.4 is 11.1 Å². The average molecular weight is 194 g/mol. The summed E-state index contributed by atoms with van der Waals surface area (Å²) in [6.45, 7) is 8.20. The third kappa shape index (κ3) is 0.809. The van der Waals surface area contributed by atoms with Gasteiger partial charge in [0.15, 0.2) is 0 Å². The molecule has 1 saturated heterocycles. The number of rotatable bonds is 1. The molecule has 4 fully saturated rings. The molecule has 0 radical (unpaired) electrons. The summed E-state index contributed by atoms with van der Waals surface area (Å²) in [6.07, 6.45) is 2.87. The Morgan fingerprint density at radius 3 is 2.71 bits per heavy atom. The molecule has 4 unspecified atom stereocenters. The van der Waals surface area contributed by atoms with Gasteiger partial charge in [-0.15, -0.1) is 0 Å². The molecule has 4 aliphatic rings. The molecule has 0 aromatic heterocycles. The van der Waals surface area contributed by atoms with Gasteiger partial charge in [0.2, 0.25) is 0 Å². The van der Waals surface area contributed by atoms with Crippen LogP contribution in [0.4, 0.5) is 0 Å². The summed E-state index contributed by atoms with van der Waals surface area (Å²) in [7, 11) is 0. The molecule has 0 spiro atoms.